The standard InChI is InChI=1S/C19H27NO7S.C18H25NO7S.C14H19NO5S.C13H15NO5.C13H17NO3.C9H9NO5.C4H7Br.CH3ClO2S/c1-19(2,3)27-18(22)20(28(5,23)24)15-10-14(11-17(21)25-4)8-9-16(15)26-12-13-6-7-13;1-18(2,3)26-17(22)19(27(4,23)24)14-9-13(10-16(20)21)7-8-15(14)25-11-12-5-6-12;1-19-14(16)8-11-5-6-13(20-9-10-3-4-10)12(7-11)15-21(2,17)18;1-18-13(15)7-10-4-5-12(11(6-10)14(16)17)19-8-9-2-3-9;1-16-13(15)7-10-4-5-12(11(14)6-10)17-8-9-2-3-9;1-15-9(12)5-6-2-3-8(11)7(4-6)10(13)14;5-3-4-1-2-4;1-5(2,3)4/h8-10,13H,6-7,11-12H2,1-5H3;7-9,12H,5-6,10-11H2,1-4H3,(H,20,21);5-7,10,15H,3-4,8-9H2,1-2H3;4-6,9H,2-3,7-8H2,1H3;4-6,9H,2-3,7-8,14H2,1H3;2-4,11H,5H2,1H3;4H,1-3H2;1H3. The van der Waals surface area contributed by atoms with E-state index < -0.39 is 108 Å². The van der Waals surface area contributed by atoms with Crippen LogP contribution in [0.4, 0.5) is 43.7 Å². The number of amides is 2. The molecule has 0 radical (unpaired) electrons. The maximum absolute atomic E-state index is 12.7. The van der Waals surface area contributed by atoms with Crippen LogP contribution in [0.25, 0.3) is 0 Å². The van der Waals surface area contributed by atoms with E-state index in [0.717, 1.165) is 101 Å². The highest BCUT2D eigenvalue weighted by Gasteiger charge is 2.37. The zero-order valence-corrected chi connectivity index (χ0v) is 84.6. The van der Waals surface area contributed by atoms with E-state index in [9.17, 15) is 92.3 Å². The Morgan fingerprint density at radius 1 is 0.423 bits per heavy atom. The quantitative estimate of drug-likeness (QED) is 0.00540. The van der Waals surface area contributed by atoms with Gasteiger partial charge in [0.2, 0.25) is 39.1 Å². The molecule has 0 unspecified atom stereocenters. The lowest BCUT2D eigenvalue weighted by molar-refractivity contribution is -0.386. The van der Waals surface area contributed by atoms with Crippen LogP contribution in [0.3, 0.4) is 0 Å². The number of sulfonamides is 3. The van der Waals surface area contributed by atoms with E-state index >= 15 is 0 Å². The average molecular weight is 2090 g/mol. The predicted molar refractivity (Wildman–Crippen MR) is 512 cm³/mol. The number of benzene rings is 6. The largest absolute Gasteiger partial charge is 0.502 e. The van der Waals surface area contributed by atoms with Gasteiger partial charge in [-0.25, -0.2) is 43.3 Å². The number of halogens is 2. The molecule has 12 rings (SSSR count). The van der Waals surface area contributed by atoms with Gasteiger partial charge in [0.05, 0.1) is 153 Å². The van der Waals surface area contributed by atoms with Gasteiger partial charge >= 0.3 is 59.4 Å². The summed E-state index contributed by atoms with van der Waals surface area (Å²) in [4.78, 5) is 113. The Morgan fingerprint density at radius 3 is 0.978 bits per heavy atom. The first-order chi connectivity index (χ1) is 63.9. The van der Waals surface area contributed by atoms with Crippen LogP contribution in [0.2, 0.25) is 0 Å². The SMILES string of the molecule is BrCC1CC1.CC(C)(C)OC(=O)N(c1cc(CC(=O)O)ccc1OCC1CC1)S(C)(=O)=O.COC(=O)Cc1ccc(O)c([N+](=O)[O-])c1.COC(=O)Cc1ccc(OCC2CC2)c(N(C(=O)OC(C)(C)C)S(C)(=O)=O)c1.COC(=O)Cc1ccc(OCC2CC2)c(N)c1.COC(=O)Cc1ccc(OCC2CC2)c(NS(C)(=O)=O)c1.COC(=O)Cc1ccc(OCC2CC2)c([N+](=O)[O-])c1.CS(=O)(=O)Cl. The van der Waals surface area contributed by atoms with Gasteiger partial charge in [-0.3, -0.25) is 53.7 Å². The number of anilines is 4. The molecule has 0 aliphatic heterocycles. The monoisotopic (exact) mass is 2080 g/mol. The van der Waals surface area contributed by atoms with E-state index in [1.165, 1.54) is 109 Å². The van der Waals surface area contributed by atoms with Gasteiger partial charge in [-0.2, -0.15) is 8.61 Å². The van der Waals surface area contributed by atoms with Gasteiger partial charge in [0.1, 0.15) is 45.6 Å². The molecule has 40 nitrogen and oxygen atoms in total. The number of alkyl halides is 1. The highest BCUT2D eigenvalue weighted by Crippen LogP contribution is 2.41. The van der Waals surface area contributed by atoms with Crippen molar-refractivity contribution >= 4 is 148 Å². The lowest BCUT2D eigenvalue weighted by atomic mass is 10.1. The van der Waals surface area contributed by atoms with Crippen LogP contribution in [0, 0.1) is 55.7 Å². The number of carbonyl (C=O) groups excluding carboxylic acids is 7. The normalized spacial score (nSPS) is 14.1. The van der Waals surface area contributed by atoms with Gasteiger partial charge in [-0.1, -0.05) is 52.3 Å². The third-order valence-electron chi connectivity index (χ3n) is 19.1. The van der Waals surface area contributed by atoms with Crippen molar-refractivity contribution in [1.29, 1.82) is 0 Å². The highest BCUT2D eigenvalue weighted by atomic mass is 79.9. The number of aromatic hydroxyl groups is 1. The van der Waals surface area contributed by atoms with Crippen molar-refractivity contribution in [3.05, 3.63) is 163 Å². The molecule has 6 aromatic carbocycles. The lowest BCUT2D eigenvalue weighted by Gasteiger charge is -2.27. The smallest absolute Gasteiger partial charge is 0.429 e. The number of nitro benzene ring substituents is 2. The molecule has 0 aromatic heterocycles. The molecular weight excluding hydrogens is 1960 g/mol. The molecular formula is C91H122BrClN6O34S4. The van der Waals surface area contributed by atoms with Gasteiger partial charge in [0.15, 0.2) is 11.5 Å². The van der Waals surface area contributed by atoms with Crippen LogP contribution in [0.5, 0.6) is 34.5 Å². The highest BCUT2D eigenvalue weighted by molar-refractivity contribution is 9.09. The van der Waals surface area contributed by atoms with Crippen molar-refractivity contribution in [2.24, 2.45) is 35.5 Å². The first kappa shape index (κ1) is 116. The predicted octanol–water partition coefficient (Wildman–Crippen LogP) is 14.1. The number of hydrogen-bond acceptors (Lipinski definition) is 34. The number of methoxy groups -OCH3 is 5. The summed E-state index contributed by atoms with van der Waals surface area (Å²) in [5, 5.41) is 40.8. The van der Waals surface area contributed by atoms with Crippen molar-refractivity contribution in [3.63, 3.8) is 0 Å². The Labute approximate surface area is 810 Å². The van der Waals surface area contributed by atoms with Crippen molar-refractivity contribution < 1.29 is 149 Å². The Kier molecular flexibility index (Phi) is 45.7. The minimum atomic E-state index is -4.05. The average Bonchev–Trinajstić information content (AvgIpc) is 1.24. The van der Waals surface area contributed by atoms with Gasteiger partial charge < -0.3 is 72.8 Å². The summed E-state index contributed by atoms with van der Waals surface area (Å²) in [6, 6.07) is 27.7. The maximum atomic E-state index is 12.7. The Morgan fingerprint density at radius 2 is 0.693 bits per heavy atom. The lowest BCUT2D eigenvalue weighted by Crippen LogP contribution is -2.40. The summed E-state index contributed by atoms with van der Waals surface area (Å²) < 4.78 is 156. The van der Waals surface area contributed by atoms with E-state index in [1.54, 1.807) is 90.1 Å². The number of esters is 5. The third-order valence-corrected chi connectivity index (χ3v) is 22.7. The minimum Gasteiger partial charge on any atom is -0.502 e. The van der Waals surface area contributed by atoms with Crippen molar-refractivity contribution in [1.82, 2.24) is 0 Å². The second-order valence-corrected chi connectivity index (χ2v) is 43.8. The number of phenolic OH excluding ortho intramolecular Hbond substituents is 1. The number of carboxylic acid groups (broad SMARTS) is 1. The number of carbonyl (C=O) groups is 8. The molecule has 0 saturated heterocycles. The van der Waals surface area contributed by atoms with Crippen LogP contribution in [-0.4, -0.2) is 212 Å². The first-order valence-electron chi connectivity index (χ1n) is 43.0. The molecule has 46 heteroatoms. The first-order valence-corrected chi connectivity index (χ1v) is 52.4. The van der Waals surface area contributed by atoms with Gasteiger partial charge in [0, 0.05) is 28.1 Å². The summed E-state index contributed by atoms with van der Waals surface area (Å²) in [7, 11) is -3.72. The number of aliphatic carboxylic acids is 1. The molecule has 758 valence electrons. The fourth-order valence-electron chi connectivity index (χ4n) is 11.1. The van der Waals surface area contributed by atoms with Crippen LogP contribution in [0.15, 0.2) is 109 Å². The fourth-order valence-corrected chi connectivity index (χ4v) is 14.0. The summed E-state index contributed by atoms with van der Waals surface area (Å²) in [6.45, 7) is 12.4. The van der Waals surface area contributed by atoms with Crippen molar-refractivity contribution in [3.8, 4) is 34.5 Å². The Balaban J connectivity index is 0.000000287. The second-order valence-electron chi connectivity index (χ2n) is 34.7. The number of nitrogens with two attached hydrogens (primary N) is 1. The maximum Gasteiger partial charge on any atom is 0.429 e. The molecule has 0 atom stereocenters. The van der Waals surface area contributed by atoms with Gasteiger partial charge in [0.25, 0.3) is 0 Å². The molecule has 0 heterocycles. The fraction of sp³-hybridized carbons (Fsp3) is 0.516. The van der Waals surface area contributed by atoms with Crippen LogP contribution >= 0.6 is 26.6 Å². The molecule has 6 saturated carbocycles. The zero-order chi connectivity index (χ0) is 103. The second kappa shape index (κ2) is 54.0. The van der Waals surface area contributed by atoms with Crippen molar-refractivity contribution in [2.45, 2.75) is 168 Å². The summed E-state index contributed by atoms with van der Waals surface area (Å²) in [6.07, 6.45) is 15.7. The van der Waals surface area contributed by atoms with E-state index in [-0.39, 0.29) is 84.8 Å². The molecule has 6 fully saturated rings. The number of rotatable bonds is 36. The number of hydrogen-bond donors (Lipinski definition) is 4. The van der Waals surface area contributed by atoms with Crippen LogP contribution < -0.4 is 42.8 Å². The summed E-state index contributed by atoms with van der Waals surface area (Å²) >= 11 is 3.38. The van der Waals surface area contributed by atoms with E-state index in [4.69, 9.17) is 49.1 Å². The van der Waals surface area contributed by atoms with Crippen molar-refractivity contribution in [2.75, 3.05) is 118 Å². The van der Waals surface area contributed by atoms with Crippen LogP contribution in [-0.2, 0) is 140 Å². The third kappa shape index (κ3) is 48.4. The molecule has 0 bridgehead atoms. The van der Waals surface area contributed by atoms with E-state index in [2.05, 4.69) is 55.0 Å². The number of carboxylic acids is 1. The Hall–Kier alpha value is -11.6. The molecule has 137 heavy (non-hydrogen) atoms. The number of ether oxygens (including phenoxy) is 12. The zero-order valence-electron chi connectivity index (χ0n) is 79.0. The molecule has 0 spiro atoms. The topological polar surface area (TPSA) is 555 Å². The number of nitrogen functional groups attached to an aromatic ring is 1. The van der Waals surface area contributed by atoms with Gasteiger partial charge in [-0.05, 0) is 248 Å². The molecule has 6 aromatic rings. The van der Waals surface area contributed by atoms with Crippen LogP contribution in [0.1, 0.15) is 152 Å². The van der Waals surface area contributed by atoms with E-state index in [0.29, 0.717) is 115 Å². The van der Waals surface area contributed by atoms with E-state index in [1.807, 2.05) is 12.1 Å². The summed E-state index contributed by atoms with van der Waals surface area (Å²) in [5.41, 5.74) is 7.71. The number of nitrogens with one attached hydrogen (secondary N) is 1. The number of nitrogens with zero attached hydrogens (tertiary/aromatic N) is 4. The number of nitro groups is 2. The minimum absolute atomic E-state index is 0.0128. The molecule has 6 aliphatic carbocycles. The number of phenols is 1. The molecule has 2 amide bonds. The van der Waals surface area contributed by atoms with Gasteiger partial charge in [-0.15, -0.1) is 0 Å². The Bertz CT molecular complexity index is 5630. The summed E-state index contributed by atoms with van der Waals surface area (Å²) in [5.74, 6) is 1.96. The molecule has 6 aliphatic rings. The molecule has 5 N–H and O–H groups in total.